The maximum absolute atomic E-state index is 10.3. The van der Waals surface area contributed by atoms with Crippen LogP contribution in [0.15, 0.2) is 0 Å². The summed E-state index contributed by atoms with van der Waals surface area (Å²) in [6, 6.07) is -0.703. The van der Waals surface area contributed by atoms with Crippen LogP contribution in [0, 0.1) is 5.92 Å². The fourth-order valence-corrected chi connectivity index (χ4v) is 1.35. The van der Waals surface area contributed by atoms with E-state index in [1.165, 1.54) is 0 Å². The van der Waals surface area contributed by atoms with Gasteiger partial charge in [0.25, 0.3) is 0 Å². The van der Waals surface area contributed by atoms with Crippen LogP contribution < -0.4 is 5.73 Å². The van der Waals surface area contributed by atoms with Gasteiger partial charge in [0.15, 0.2) is 0 Å². The molecule has 70 valence electrons. The molecule has 0 amide bonds. The van der Waals surface area contributed by atoms with E-state index in [0.29, 0.717) is 12.3 Å². The molecule has 1 unspecified atom stereocenters. The monoisotopic (exact) mass is 173 g/mol. The lowest BCUT2D eigenvalue weighted by Gasteiger charge is -2.09. The second kappa shape index (κ2) is 4.42. The van der Waals surface area contributed by atoms with Crippen LogP contribution in [0.5, 0.6) is 0 Å². The van der Waals surface area contributed by atoms with Crippen molar-refractivity contribution in [2.75, 3.05) is 13.2 Å². The molecule has 2 atom stereocenters. The third kappa shape index (κ3) is 2.79. The van der Waals surface area contributed by atoms with Gasteiger partial charge in [-0.1, -0.05) is 0 Å². The van der Waals surface area contributed by atoms with E-state index in [0.717, 1.165) is 26.1 Å². The zero-order valence-corrected chi connectivity index (χ0v) is 7.03. The first kappa shape index (κ1) is 9.48. The standard InChI is InChI=1S/C8H15NO3/c9-7(8(10)11)2-1-6-3-4-12-5-6/h6-7H,1-5,9H2,(H,10,11)/t6?,7-/m0/s1. The van der Waals surface area contributed by atoms with E-state index in [2.05, 4.69) is 0 Å². The van der Waals surface area contributed by atoms with E-state index < -0.39 is 12.0 Å². The van der Waals surface area contributed by atoms with Crippen molar-refractivity contribution in [1.82, 2.24) is 0 Å². The average Bonchev–Trinajstić information content (AvgIpc) is 2.51. The Bertz CT molecular complexity index is 154. The number of rotatable bonds is 4. The lowest BCUT2D eigenvalue weighted by Crippen LogP contribution is -2.30. The molecule has 0 spiro atoms. The molecule has 1 aliphatic rings. The Morgan fingerprint density at radius 2 is 2.50 bits per heavy atom. The highest BCUT2D eigenvalue weighted by atomic mass is 16.5. The molecule has 12 heavy (non-hydrogen) atoms. The second-order valence-electron chi connectivity index (χ2n) is 3.25. The summed E-state index contributed by atoms with van der Waals surface area (Å²) in [5, 5.41) is 8.50. The minimum absolute atomic E-state index is 0.524. The van der Waals surface area contributed by atoms with Crippen molar-refractivity contribution < 1.29 is 14.6 Å². The summed E-state index contributed by atoms with van der Waals surface area (Å²) in [6.07, 6.45) is 2.48. The Balaban J connectivity index is 2.11. The van der Waals surface area contributed by atoms with Crippen molar-refractivity contribution in [3.8, 4) is 0 Å². The molecular formula is C8H15NO3. The van der Waals surface area contributed by atoms with Gasteiger partial charge in [0.1, 0.15) is 6.04 Å². The third-order valence-corrected chi connectivity index (χ3v) is 2.23. The number of carboxylic acids is 1. The molecule has 0 aliphatic carbocycles. The van der Waals surface area contributed by atoms with Crippen LogP contribution >= 0.6 is 0 Å². The maximum atomic E-state index is 10.3. The van der Waals surface area contributed by atoms with E-state index in [1.807, 2.05) is 0 Å². The van der Waals surface area contributed by atoms with E-state index in [1.54, 1.807) is 0 Å². The predicted octanol–water partition coefficient (Wildman–Crippen LogP) is 0.215. The van der Waals surface area contributed by atoms with Crippen molar-refractivity contribution in [3.63, 3.8) is 0 Å². The Kier molecular flexibility index (Phi) is 3.49. The summed E-state index contributed by atoms with van der Waals surface area (Å²) in [5.74, 6) is -0.385. The molecule has 1 saturated heterocycles. The molecule has 0 aromatic rings. The second-order valence-corrected chi connectivity index (χ2v) is 3.25. The van der Waals surface area contributed by atoms with Crippen molar-refractivity contribution in [2.45, 2.75) is 25.3 Å². The minimum atomic E-state index is -0.908. The zero-order valence-electron chi connectivity index (χ0n) is 7.03. The summed E-state index contributed by atoms with van der Waals surface area (Å²) in [6.45, 7) is 1.58. The smallest absolute Gasteiger partial charge is 0.320 e. The van der Waals surface area contributed by atoms with Gasteiger partial charge < -0.3 is 15.6 Å². The molecule has 0 radical (unpaired) electrons. The van der Waals surface area contributed by atoms with Gasteiger partial charge in [-0.05, 0) is 25.2 Å². The van der Waals surface area contributed by atoms with Crippen molar-refractivity contribution >= 4 is 5.97 Å². The number of nitrogens with two attached hydrogens (primary N) is 1. The van der Waals surface area contributed by atoms with Crippen LogP contribution in [-0.2, 0) is 9.53 Å². The molecule has 0 aromatic carbocycles. The molecule has 1 rings (SSSR count). The van der Waals surface area contributed by atoms with E-state index in [9.17, 15) is 4.79 Å². The molecule has 1 aliphatic heterocycles. The van der Waals surface area contributed by atoms with E-state index >= 15 is 0 Å². The molecule has 3 N–H and O–H groups in total. The van der Waals surface area contributed by atoms with Crippen LogP contribution in [0.3, 0.4) is 0 Å². The molecule has 0 aromatic heterocycles. The lowest BCUT2D eigenvalue weighted by molar-refractivity contribution is -0.138. The van der Waals surface area contributed by atoms with Gasteiger partial charge in [-0.2, -0.15) is 0 Å². The summed E-state index contributed by atoms with van der Waals surface area (Å²) < 4.78 is 5.16. The quantitative estimate of drug-likeness (QED) is 0.637. The van der Waals surface area contributed by atoms with Gasteiger partial charge >= 0.3 is 5.97 Å². The molecule has 4 heteroatoms. The van der Waals surface area contributed by atoms with Gasteiger partial charge in [-0.3, -0.25) is 4.79 Å². The molecule has 0 bridgehead atoms. The van der Waals surface area contributed by atoms with Crippen LogP contribution in [0.2, 0.25) is 0 Å². The van der Waals surface area contributed by atoms with Gasteiger partial charge in [0.2, 0.25) is 0 Å². The number of carbonyl (C=O) groups is 1. The number of ether oxygens (including phenoxy) is 1. The summed E-state index contributed by atoms with van der Waals surface area (Å²) in [4.78, 5) is 10.3. The van der Waals surface area contributed by atoms with Gasteiger partial charge in [-0.25, -0.2) is 0 Å². The SMILES string of the molecule is N[C@@H](CCC1CCOC1)C(=O)O. The van der Waals surface area contributed by atoms with Crippen LogP contribution in [0.25, 0.3) is 0 Å². The molecule has 1 fully saturated rings. The Morgan fingerprint density at radius 1 is 1.75 bits per heavy atom. The van der Waals surface area contributed by atoms with Crippen molar-refractivity contribution in [3.05, 3.63) is 0 Å². The first-order valence-electron chi connectivity index (χ1n) is 4.26. The molecule has 4 nitrogen and oxygen atoms in total. The summed E-state index contributed by atoms with van der Waals surface area (Å²) in [7, 11) is 0. The number of carboxylic acid groups (broad SMARTS) is 1. The highest BCUT2D eigenvalue weighted by Gasteiger charge is 2.18. The molecule has 1 heterocycles. The van der Waals surface area contributed by atoms with Crippen LogP contribution in [0.1, 0.15) is 19.3 Å². The molecular weight excluding hydrogens is 158 g/mol. The average molecular weight is 173 g/mol. The Morgan fingerprint density at radius 3 is 3.00 bits per heavy atom. The predicted molar refractivity (Wildman–Crippen MR) is 43.8 cm³/mol. The first-order valence-corrected chi connectivity index (χ1v) is 4.26. The number of hydrogen-bond donors (Lipinski definition) is 2. The highest BCUT2D eigenvalue weighted by Crippen LogP contribution is 2.18. The van der Waals surface area contributed by atoms with Crippen LogP contribution in [0.4, 0.5) is 0 Å². The number of hydrogen-bond acceptors (Lipinski definition) is 3. The highest BCUT2D eigenvalue weighted by molar-refractivity contribution is 5.72. The molecule has 0 saturated carbocycles. The maximum Gasteiger partial charge on any atom is 0.320 e. The largest absolute Gasteiger partial charge is 0.480 e. The van der Waals surface area contributed by atoms with Gasteiger partial charge in [0, 0.05) is 13.2 Å². The summed E-state index contributed by atoms with van der Waals surface area (Å²) >= 11 is 0. The zero-order chi connectivity index (χ0) is 8.97. The normalized spacial score (nSPS) is 25.6. The van der Waals surface area contributed by atoms with Crippen LogP contribution in [-0.4, -0.2) is 30.3 Å². The fraction of sp³-hybridized carbons (Fsp3) is 0.875. The van der Waals surface area contributed by atoms with E-state index in [4.69, 9.17) is 15.6 Å². The van der Waals surface area contributed by atoms with Gasteiger partial charge in [-0.15, -0.1) is 0 Å². The number of aliphatic carboxylic acids is 1. The Labute approximate surface area is 71.7 Å². The summed E-state index contributed by atoms with van der Waals surface area (Å²) in [5.41, 5.74) is 5.35. The first-order chi connectivity index (χ1) is 5.70. The van der Waals surface area contributed by atoms with Crippen molar-refractivity contribution in [1.29, 1.82) is 0 Å². The minimum Gasteiger partial charge on any atom is -0.480 e. The van der Waals surface area contributed by atoms with Crippen molar-refractivity contribution in [2.24, 2.45) is 11.7 Å². The third-order valence-electron chi connectivity index (χ3n) is 2.23. The topological polar surface area (TPSA) is 72.5 Å². The van der Waals surface area contributed by atoms with Gasteiger partial charge in [0.05, 0.1) is 0 Å². The lowest BCUT2D eigenvalue weighted by atomic mass is 10.00. The van der Waals surface area contributed by atoms with E-state index in [-0.39, 0.29) is 0 Å². The fourth-order valence-electron chi connectivity index (χ4n) is 1.35. The Hall–Kier alpha value is -0.610.